The third-order valence-corrected chi connectivity index (χ3v) is 1.71. The SMILES string of the molecule is CC(=O)Nc1ccc(O[P+](=O)[O-])cc1. The molecule has 0 saturated heterocycles. The van der Waals surface area contributed by atoms with Crippen molar-refractivity contribution < 1.29 is 18.8 Å². The summed E-state index contributed by atoms with van der Waals surface area (Å²) in [5.74, 6) is 0.0313. The number of amides is 1. The second kappa shape index (κ2) is 4.69. The van der Waals surface area contributed by atoms with Gasteiger partial charge in [0, 0.05) is 12.6 Å². The maximum atomic E-state index is 10.6. The van der Waals surface area contributed by atoms with Crippen LogP contribution in [0.3, 0.4) is 0 Å². The topological polar surface area (TPSA) is 78.5 Å². The van der Waals surface area contributed by atoms with Crippen molar-refractivity contribution in [3.05, 3.63) is 24.3 Å². The molecule has 1 aromatic rings. The van der Waals surface area contributed by atoms with E-state index in [9.17, 15) is 14.3 Å². The number of benzene rings is 1. The van der Waals surface area contributed by atoms with E-state index in [1.54, 1.807) is 12.1 Å². The first-order valence-corrected chi connectivity index (χ1v) is 4.87. The summed E-state index contributed by atoms with van der Waals surface area (Å²) >= 11 is 0. The molecule has 14 heavy (non-hydrogen) atoms. The summed E-state index contributed by atoms with van der Waals surface area (Å²) in [7, 11) is -2.89. The van der Waals surface area contributed by atoms with Gasteiger partial charge in [-0.25, -0.2) is 0 Å². The van der Waals surface area contributed by atoms with Crippen LogP contribution in [-0.4, -0.2) is 5.91 Å². The minimum Gasteiger partial charge on any atom is -0.558 e. The summed E-state index contributed by atoms with van der Waals surface area (Å²) in [5.41, 5.74) is 0.589. The van der Waals surface area contributed by atoms with Crippen LogP contribution in [0.4, 0.5) is 5.69 Å². The fourth-order valence-corrected chi connectivity index (χ4v) is 1.18. The summed E-state index contributed by atoms with van der Waals surface area (Å²) in [6, 6.07) is 6.01. The second-order valence-electron chi connectivity index (χ2n) is 2.52. The molecular weight excluding hydrogens is 205 g/mol. The monoisotopic (exact) mass is 213 g/mol. The van der Waals surface area contributed by atoms with E-state index in [0.29, 0.717) is 5.69 Å². The molecule has 0 aliphatic heterocycles. The maximum Gasteiger partial charge on any atom is 0.539 e. The highest BCUT2D eigenvalue weighted by atomic mass is 31.1. The smallest absolute Gasteiger partial charge is 0.539 e. The Kier molecular flexibility index (Phi) is 3.56. The fourth-order valence-electron chi connectivity index (χ4n) is 0.888. The van der Waals surface area contributed by atoms with Gasteiger partial charge in [0.1, 0.15) is 0 Å². The van der Waals surface area contributed by atoms with Crippen LogP contribution in [-0.2, 0) is 9.36 Å². The number of anilines is 1. The predicted molar refractivity (Wildman–Crippen MR) is 49.0 cm³/mol. The summed E-state index contributed by atoms with van der Waals surface area (Å²) < 4.78 is 14.6. The molecule has 74 valence electrons. The molecule has 0 bridgehead atoms. The van der Waals surface area contributed by atoms with Gasteiger partial charge in [-0.05, 0) is 28.8 Å². The number of hydrogen-bond acceptors (Lipinski definition) is 4. The first-order valence-electron chi connectivity index (χ1n) is 3.78. The number of carbonyl (C=O) groups excluding carboxylic acids is 1. The Hall–Kier alpha value is -1.45. The van der Waals surface area contributed by atoms with Crippen LogP contribution in [0.1, 0.15) is 6.92 Å². The average Bonchev–Trinajstić information content (AvgIpc) is 2.06. The van der Waals surface area contributed by atoms with Crippen molar-refractivity contribution in [2.75, 3.05) is 5.32 Å². The normalized spacial score (nSPS) is 10.6. The summed E-state index contributed by atoms with van der Waals surface area (Å²) in [4.78, 5) is 20.8. The van der Waals surface area contributed by atoms with E-state index in [4.69, 9.17) is 0 Å². The molecule has 0 saturated carbocycles. The van der Waals surface area contributed by atoms with E-state index in [1.165, 1.54) is 19.1 Å². The Labute approximate surface area is 81.7 Å². The van der Waals surface area contributed by atoms with Gasteiger partial charge >= 0.3 is 8.25 Å². The zero-order valence-electron chi connectivity index (χ0n) is 7.39. The lowest BCUT2D eigenvalue weighted by Crippen LogP contribution is -2.05. The number of carbonyl (C=O) groups is 1. The lowest BCUT2D eigenvalue weighted by Gasteiger charge is -2.01. The molecule has 0 spiro atoms. The van der Waals surface area contributed by atoms with Crippen molar-refractivity contribution in [2.45, 2.75) is 6.92 Å². The molecule has 0 aliphatic carbocycles. The van der Waals surface area contributed by atoms with Crippen LogP contribution in [0.25, 0.3) is 0 Å². The van der Waals surface area contributed by atoms with E-state index < -0.39 is 8.25 Å². The van der Waals surface area contributed by atoms with Crippen molar-refractivity contribution in [2.24, 2.45) is 0 Å². The zero-order valence-corrected chi connectivity index (χ0v) is 8.28. The molecule has 1 unspecified atom stereocenters. The Morgan fingerprint density at radius 1 is 1.43 bits per heavy atom. The van der Waals surface area contributed by atoms with Crippen molar-refractivity contribution in [1.29, 1.82) is 0 Å². The molecule has 5 nitrogen and oxygen atoms in total. The van der Waals surface area contributed by atoms with Gasteiger partial charge in [0.05, 0.1) is 0 Å². The molecular formula is C8H8NO4P. The molecule has 0 aliphatic rings. The van der Waals surface area contributed by atoms with Crippen molar-refractivity contribution in [3.63, 3.8) is 0 Å². The van der Waals surface area contributed by atoms with E-state index in [0.717, 1.165) is 0 Å². The minimum absolute atomic E-state index is 0.187. The van der Waals surface area contributed by atoms with Crippen LogP contribution >= 0.6 is 8.25 Å². The van der Waals surface area contributed by atoms with Crippen LogP contribution in [0.15, 0.2) is 24.3 Å². The standard InChI is InChI=1S/C8H8NO4P/c1-6(10)9-7-2-4-8(5-3-7)13-14(11)12/h2-5H,1H3,(H,9,10). The van der Waals surface area contributed by atoms with Gasteiger partial charge in [-0.15, -0.1) is 0 Å². The van der Waals surface area contributed by atoms with Gasteiger partial charge < -0.3 is 10.2 Å². The van der Waals surface area contributed by atoms with Crippen LogP contribution in [0.5, 0.6) is 5.75 Å². The van der Waals surface area contributed by atoms with E-state index in [1.807, 2.05) is 0 Å². The van der Waals surface area contributed by atoms with E-state index in [2.05, 4.69) is 9.84 Å². The quantitative estimate of drug-likeness (QED) is 0.761. The number of nitrogens with one attached hydrogen (secondary N) is 1. The highest BCUT2D eigenvalue weighted by Gasteiger charge is 2.04. The summed E-state index contributed by atoms with van der Waals surface area (Å²) in [6.45, 7) is 1.39. The molecule has 0 fully saturated rings. The summed E-state index contributed by atoms with van der Waals surface area (Å²) in [5, 5.41) is 2.54. The van der Waals surface area contributed by atoms with Crippen LogP contribution < -0.4 is 14.7 Å². The van der Waals surface area contributed by atoms with Gasteiger partial charge in [-0.2, -0.15) is 0 Å². The first kappa shape index (κ1) is 10.6. The number of hydrogen-bond donors (Lipinski definition) is 1. The highest BCUT2D eigenvalue weighted by Crippen LogP contribution is 2.21. The van der Waals surface area contributed by atoms with Crippen molar-refractivity contribution in [1.82, 2.24) is 0 Å². The van der Waals surface area contributed by atoms with Gasteiger partial charge in [-0.1, -0.05) is 0 Å². The Morgan fingerprint density at radius 3 is 2.43 bits per heavy atom. The molecule has 0 radical (unpaired) electrons. The highest BCUT2D eigenvalue weighted by molar-refractivity contribution is 7.31. The maximum absolute atomic E-state index is 10.6. The molecule has 6 heteroatoms. The Morgan fingerprint density at radius 2 is 2.00 bits per heavy atom. The van der Waals surface area contributed by atoms with Crippen LogP contribution in [0.2, 0.25) is 0 Å². The molecule has 1 rings (SSSR count). The van der Waals surface area contributed by atoms with Crippen LogP contribution in [0, 0.1) is 0 Å². The average molecular weight is 213 g/mol. The van der Waals surface area contributed by atoms with Crippen molar-refractivity contribution >= 4 is 19.8 Å². The second-order valence-corrected chi connectivity index (χ2v) is 3.15. The first-order chi connectivity index (χ1) is 6.58. The van der Waals surface area contributed by atoms with Crippen molar-refractivity contribution in [3.8, 4) is 5.75 Å². The van der Waals surface area contributed by atoms with Gasteiger partial charge in [0.2, 0.25) is 5.91 Å². The van der Waals surface area contributed by atoms with Gasteiger partial charge in [0.25, 0.3) is 0 Å². The van der Waals surface area contributed by atoms with Gasteiger partial charge in [0.15, 0.2) is 5.75 Å². The zero-order chi connectivity index (χ0) is 10.6. The molecule has 1 aromatic carbocycles. The lowest BCUT2D eigenvalue weighted by atomic mass is 10.3. The van der Waals surface area contributed by atoms with E-state index >= 15 is 0 Å². The van der Waals surface area contributed by atoms with E-state index in [-0.39, 0.29) is 11.7 Å². The Balaban J connectivity index is 2.68. The largest absolute Gasteiger partial charge is 0.558 e. The molecule has 1 N–H and O–H groups in total. The third kappa shape index (κ3) is 3.51. The van der Waals surface area contributed by atoms with Gasteiger partial charge in [-0.3, -0.25) is 9.32 Å². The third-order valence-electron chi connectivity index (χ3n) is 1.35. The Bertz CT molecular complexity index is 314. The molecule has 1 amide bonds. The lowest BCUT2D eigenvalue weighted by molar-refractivity contribution is -0.178. The summed E-state index contributed by atoms with van der Waals surface area (Å²) in [6.07, 6.45) is 0. The molecule has 1 atom stereocenters. The number of rotatable bonds is 3. The molecule has 0 heterocycles. The molecule has 0 aromatic heterocycles. The fraction of sp³-hybridized carbons (Fsp3) is 0.125. The predicted octanol–water partition coefficient (Wildman–Crippen LogP) is 1.04. The minimum atomic E-state index is -2.89.